The predicted octanol–water partition coefficient (Wildman–Crippen LogP) is 3.08. The number of hydrogen-bond donors (Lipinski definition) is 1. The summed E-state index contributed by atoms with van der Waals surface area (Å²) in [6.45, 7) is 5.82. The molecule has 0 aromatic heterocycles. The van der Waals surface area contributed by atoms with E-state index in [0.717, 1.165) is 5.56 Å². The van der Waals surface area contributed by atoms with Crippen LogP contribution >= 0.6 is 7.60 Å². The summed E-state index contributed by atoms with van der Waals surface area (Å²) in [5, 5.41) is -1.14. The second kappa shape index (κ2) is 5.78. The molecule has 5 heteroatoms. The van der Waals surface area contributed by atoms with Crippen LogP contribution in [-0.2, 0) is 18.9 Å². The summed E-state index contributed by atoms with van der Waals surface area (Å²) < 4.78 is 23.3. The van der Waals surface area contributed by atoms with Gasteiger partial charge in [0.15, 0.2) is 0 Å². The molecule has 0 amide bonds. The van der Waals surface area contributed by atoms with Crippen LogP contribution in [0.4, 0.5) is 0 Å². The lowest BCUT2D eigenvalue weighted by Gasteiger charge is -2.32. The Balaban J connectivity index is 3.13. The van der Waals surface area contributed by atoms with Crippen LogP contribution in [0.5, 0.6) is 0 Å². The molecule has 0 aliphatic carbocycles. The van der Waals surface area contributed by atoms with E-state index in [1.54, 1.807) is 20.8 Å². The Labute approximate surface area is 103 Å². The second-order valence-corrected chi connectivity index (χ2v) is 6.29. The lowest BCUT2D eigenvalue weighted by Crippen LogP contribution is -2.34. The van der Waals surface area contributed by atoms with Gasteiger partial charge in [-0.3, -0.25) is 4.57 Å². The number of hydrogen-bond acceptors (Lipinski definition) is 4. The first-order chi connectivity index (χ1) is 7.98. The van der Waals surface area contributed by atoms with E-state index in [-0.39, 0.29) is 0 Å². The van der Waals surface area contributed by atoms with E-state index in [1.807, 2.05) is 30.3 Å². The standard InChI is InChI=1S/C12H20NO3P/c1-4-15-17(14,16-5-2)12(3,13)11-9-7-6-8-10-11/h6-10H,4-5,13H2,1-3H3/t12-/m1/s1. The lowest BCUT2D eigenvalue weighted by atomic mass is 10.1. The van der Waals surface area contributed by atoms with Crippen LogP contribution in [0.15, 0.2) is 30.3 Å². The van der Waals surface area contributed by atoms with E-state index in [0.29, 0.717) is 13.2 Å². The molecule has 0 aliphatic heterocycles. The molecular formula is C12H20NO3P. The monoisotopic (exact) mass is 257 g/mol. The minimum absolute atomic E-state index is 0.302. The average molecular weight is 257 g/mol. The van der Waals surface area contributed by atoms with Gasteiger partial charge >= 0.3 is 7.60 Å². The minimum Gasteiger partial charge on any atom is -0.312 e. The van der Waals surface area contributed by atoms with Crippen molar-refractivity contribution in [2.24, 2.45) is 5.73 Å². The fraction of sp³-hybridized carbons (Fsp3) is 0.500. The lowest BCUT2D eigenvalue weighted by molar-refractivity contribution is 0.199. The Bertz CT molecular complexity index is 382. The fourth-order valence-electron chi connectivity index (χ4n) is 1.58. The molecule has 0 fully saturated rings. The zero-order chi connectivity index (χ0) is 12.9. The molecule has 17 heavy (non-hydrogen) atoms. The highest BCUT2D eigenvalue weighted by Crippen LogP contribution is 2.61. The minimum atomic E-state index is -3.37. The fourth-order valence-corrected chi connectivity index (χ4v) is 3.34. The van der Waals surface area contributed by atoms with E-state index in [1.165, 1.54) is 0 Å². The molecule has 1 atom stereocenters. The molecular weight excluding hydrogens is 237 g/mol. The summed E-state index contributed by atoms with van der Waals surface area (Å²) >= 11 is 0. The molecule has 0 unspecified atom stereocenters. The maximum absolute atomic E-state index is 12.7. The largest absolute Gasteiger partial charge is 0.354 e. The van der Waals surface area contributed by atoms with Gasteiger partial charge in [0.1, 0.15) is 5.28 Å². The van der Waals surface area contributed by atoms with Crippen molar-refractivity contribution >= 4 is 7.60 Å². The van der Waals surface area contributed by atoms with Crippen molar-refractivity contribution in [1.82, 2.24) is 0 Å². The molecule has 1 rings (SSSR count). The Morgan fingerprint density at radius 3 is 2.06 bits per heavy atom. The summed E-state index contributed by atoms with van der Waals surface area (Å²) in [7, 11) is -3.37. The van der Waals surface area contributed by atoms with Gasteiger partial charge in [-0.15, -0.1) is 0 Å². The smallest absolute Gasteiger partial charge is 0.312 e. The van der Waals surface area contributed by atoms with Crippen LogP contribution in [0.2, 0.25) is 0 Å². The molecule has 1 aromatic carbocycles. The molecule has 0 spiro atoms. The van der Waals surface area contributed by atoms with Gasteiger partial charge in [-0.05, 0) is 26.3 Å². The summed E-state index contributed by atoms with van der Waals surface area (Å²) in [6.07, 6.45) is 0. The van der Waals surface area contributed by atoms with Crippen LogP contribution in [-0.4, -0.2) is 13.2 Å². The highest BCUT2D eigenvalue weighted by atomic mass is 31.2. The second-order valence-electron chi connectivity index (χ2n) is 3.85. The maximum Gasteiger partial charge on any atom is 0.354 e. The van der Waals surface area contributed by atoms with Crippen molar-refractivity contribution in [3.05, 3.63) is 35.9 Å². The van der Waals surface area contributed by atoms with Crippen molar-refractivity contribution in [2.75, 3.05) is 13.2 Å². The van der Waals surface area contributed by atoms with Crippen molar-refractivity contribution in [3.8, 4) is 0 Å². The van der Waals surface area contributed by atoms with E-state index < -0.39 is 12.9 Å². The molecule has 0 saturated carbocycles. The first-order valence-corrected chi connectivity index (χ1v) is 7.25. The number of nitrogens with two attached hydrogens (primary N) is 1. The van der Waals surface area contributed by atoms with E-state index in [9.17, 15) is 4.57 Å². The Morgan fingerprint density at radius 1 is 1.18 bits per heavy atom. The van der Waals surface area contributed by atoms with E-state index >= 15 is 0 Å². The van der Waals surface area contributed by atoms with Crippen molar-refractivity contribution < 1.29 is 13.6 Å². The van der Waals surface area contributed by atoms with Crippen LogP contribution in [0, 0.1) is 0 Å². The van der Waals surface area contributed by atoms with Gasteiger partial charge in [0.05, 0.1) is 13.2 Å². The summed E-state index contributed by atoms with van der Waals surface area (Å²) in [5.41, 5.74) is 6.92. The van der Waals surface area contributed by atoms with Gasteiger partial charge in [-0.1, -0.05) is 30.3 Å². The molecule has 96 valence electrons. The first kappa shape index (κ1) is 14.4. The van der Waals surface area contributed by atoms with E-state index in [2.05, 4.69) is 0 Å². The van der Waals surface area contributed by atoms with Gasteiger partial charge in [0.2, 0.25) is 0 Å². The Morgan fingerprint density at radius 2 is 1.65 bits per heavy atom. The Hall–Kier alpha value is -0.670. The van der Waals surface area contributed by atoms with Crippen LogP contribution in [0.1, 0.15) is 26.3 Å². The zero-order valence-electron chi connectivity index (χ0n) is 10.6. The summed E-state index contributed by atoms with van der Waals surface area (Å²) in [4.78, 5) is 0. The van der Waals surface area contributed by atoms with Gasteiger partial charge in [0, 0.05) is 0 Å². The predicted molar refractivity (Wildman–Crippen MR) is 68.8 cm³/mol. The highest BCUT2D eigenvalue weighted by molar-refractivity contribution is 7.55. The molecule has 2 N–H and O–H groups in total. The van der Waals surface area contributed by atoms with Gasteiger partial charge in [-0.25, -0.2) is 0 Å². The third-order valence-electron chi connectivity index (χ3n) is 2.53. The average Bonchev–Trinajstić information content (AvgIpc) is 2.30. The van der Waals surface area contributed by atoms with Crippen molar-refractivity contribution in [2.45, 2.75) is 26.1 Å². The summed E-state index contributed by atoms with van der Waals surface area (Å²) in [5.74, 6) is 0. The third kappa shape index (κ3) is 2.96. The van der Waals surface area contributed by atoms with Gasteiger partial charge in [0.25, 0.3) is 0 Å². The topological polar surface area (TPSA) is 61.5 Å². The Kier molecular flexibility index (Phi) is 4.90. The normalized spacial score (nSPS) is 15.5. The highest BCUT2D eigenvalue weighted by Gasteiger charge is 2.45. The number of rotatable bonds is 6. The third-order valence-corrected chi connectivity index (χ3v) is 5.12. The van der Waals surface area contributed by atoms with Crippen LogP contribution in [0.3, 0.4) is 0 Å². The molecule has 0 saturated heterocycles. The van der Waals surface area contributed by atoms with Crippen molar-refractivity contribution in [1.29, 1.82) is 0 Å². The maximum atomic E-state index is 12.7. The molecule has 0 heterocycles. The van der Waals surface area contributed by atoms with Crippen LogP contribution < -0.4 is 5.73 Å². The van der Waals surface area contributed by atoms with Gasteiger partial charge < -0.3 is 14.8 Å². The summed E-state index contributed by atoms with van der Waals surface area (Å²) in [6, 6.07) is 9.23. The SMILES string of the molecule is CCOP(=O)(OCC)[C@@](C)(N)c1ccccc1. The zero-order valence-corrected chi connectivity index (χ0v) is 11.4. The van der Waals surface area contributed by atoms with Crippen molar-refractivity contribution in [3.63, 3.8) is 0 Å². The quantitative estimate of drug-likeness (QED) is 0.795. The molecule has 0 radical (unpaired) electrons. The molecule has 4 nitrogen and oxygen atoms in total. The molecule has 0 aliphatic rings. The molecule has 1 aromatic rings. The number of benzene rings is 1. The van der Waals surface area contributed by atoms with Crippen LogP contribution in [0.25, 0.3) is 0 Å². The first-order valence-electron chi connectivity index (χ1n) is 5.71. The van der Waals surface area contributed by atoms with Gasteiger partial charge in [-0.2, -0.15) is 0 Å². The van der Waals surface area contributed by atoms with E-state index in [4.69, 9.17) is 14.8 Å². The molecule has 0 bridgehead atoms.